The summed E-state index contributed by atoms with van der Waals surface area (Å²) >= 11 is 0. The molecule has 0 bridgehead atoms. The van der Waals surface area contributed by atoms with Crippen molar-refractivity contribution >= 4 is 6.03 Å². The molecule has 1 atom stereocenters. The van der Waals surface area contributed by atoms with Gasteiger partial charge in [-0.15, -0.1) is 0 Å². The highest BCUT2D eigenvalue weighted by Gasteiger charge is 2.21. The SMILES string of the molecule is CCC(O)CCNC(=O)NCC(C)(C)c1ccncc1. The molecule has 20 heavy (non-hydrogen) atoms. The predicted octanol–water partition coefficient (Wildman–Crippen LogP) is 1.82. The normalized spacial score (nSPS) is 12.8. The van der Waals surface area contributed by atoms with E-state index in [1.807, 2.05) is 19.1 Å². The number of aliphatic hydroxyl groups excluding tert-OH is 1. The van der Waals surface area contributed by atoms with Gasteiger partial charge in [0.05, 0.1) is 6.10 Å². The van der Waals surface area contributed by atoms with Crippen molar-refractivity contribution in [3.05, 3.63) is 30.1 Å². The third-order valence-electron chi connectivity index (χ3n) is 3.39. The second-order valence-corrected chi connectivity index (χ2v) is 5.58. The zero-order valence-electron chi connectivity index (χ0n) is 12.5. The Bertz CT molecular complexity index is 407. The zero-order valence-corrected chi connectivity index (χ0v) is 12.5. The molecular weight excluding hydrogens is 254 g/mol. The number of urea groups is 1. The topological polar surface area (TPSA) is 74.2 Å². The quantitative estimate of drug-likeness (QED) is 0.712. The van der Waals surface area contributed by atoms with Crippen molar-refractivity contribution in [1.82, 2.24) is 15.6 Å². The minimum Gasteiger partial charge on any atom is -0.393 e. The molecule has 0 fully saturated rings. The molecule has 0 aliphatic carbocycles. The summed E-state index contributed by atoms with van der Waals surface area (Å²) in [5.74, 6) is 0. The highest BCUT2D eigenvalue weighted by atomic mass is 16.3. The Labute approximate surface area is 120 Å². The maximum absolute atomic E-state index is 11.7. The minimum atomic E-state index is -0.344. The van der Waals surface area contributed by atoms with E-state index in [0.717, 1.165) is 5.56 Å². The molecule has 0 aliphatic rings. The summed E-state index contributed by atoms with van der Waals surface area (Å²) in [6.07, 6.45) is 4.45. The van der Waals surface area contributed by atoms with Crippen molar-refractivity contribution < 1.29 is 9.90 Å². The minimum absolute atomic E-state index is 0.150. The molecule has 1 heterocycles. The summed E-state index contributed by atoms with van der Waals surface area (Å²) < 4.78 is 0. The van der Waals surface area contributed by atoms with Gasteiger partial charge in [0.1, 0.15) is 0 Å². The smallest absolute Gasteiger partial charge is 0.314 e. The molecule has 0 aromatic carbocycles. The molecule has 112 valence electrons. The number of carbonyl (C=O) groups is 1. The molecule has 2 amide bonds. The molecule has 1 aromatic heterocycles. The van der Waals surface area contributed by atoms with E-state index in [4.69, 9.17) is 0 Å². The third kappa shape index (κ3) is 5.57. The van der Waals surface area contributed by atoms with Gasteiger partial charge in [0.25, 0.3) is 0 Å². The van der Waals surface area contributed by atoms with Crippen molar-refractivity contribution in [2.45, 2.75) is 45.1 Å². The van der Waals surface area contributed by atoms with Crippen LogP contribution in [0.15, 0.2) is 24.5 Å². The first-order valence-electron chi connectivity index (χ1n) is 7.06. The number of pyridine rings is 1. The Balaban J connectivity index is 2.33. The van der Waals surface area contributed by atoms with Crippen LogP contribution in [0.3, 0.4) is 0 Å². The number of nitrogens with one attached hydrogen (secondary N) is 2. The molecular formula is C15H25N3O2. The molecule has 5 heteroatoms. The number of amides is 2. The Morgan fingerprint density at radius 1 is 1.35 bits per heavy atom. The van der Waals surface area contributed by atoms with Crippen molar-refractivity contribution in [2.75, 3.05) is 13.1 Å². The standard InChI is InChI=1S/C15H25N3O2/c1-4-13(19)7-10-17-14(20)18-11-15(2,3)12-5-8-16-9-6-12/h5-6,8-9,13,19H,4,7,10-11H2,1-3H3,(H2,17,18,20). The molecule has 1 aromatic rings. The summed E-state index contributed by atoms with van der Waals surface area (Å²) in [6.45, 7) is 7.09. The van der Waals surface area contributed by atoms with Crippen molar-refractivity contribution in [1.29, 1.82) is 0 Å². The zero-order chi connectivity index (χ0) is 15.0. The fraction of sp³-hybridized carbons (Fsp3) is 0.600. The van der Waals surface area contributed by atoms with E-state index in [2.05, 4.69) is 29.5 Å². The van der Waals surface area contributed by atoms with Crippen LogP contribution in [0.4, 0.5) is 4.79 Å². The fourth-order valence-corrected chi connectivity index (χ4v) is 1.83. The third-order valence-corrected chi connectivity index (χ3v) is 3.39. The first-order chi connectivity index (χ1) is 9.45. The van der Waals surface area contributed by atoms with E-state index in [1.54, 1.807) is 12.4 Å². The largest absolute Gasteiger partial charge is 0.393 e. The van der Waals surface area contributed by atoms with Gasteiger partial charge >= 0.3 is 6.03 Å². The van der Waals surface area contributed by atoms with Gasteiger partial charge in [-0.05, 0) is 30.5 Å². The molecule has 0 spiro atoms. The van der Waals surface area contributed by atoms with Crippen LogP contribution in [0.2, 0.25) is 0 Å². The van der Waals surface area contributed by atoms with Crippen molar-refractivity contribution in [2.24, 2.45) is 0 Å². The average molecular weight is 279 g/mol. The van der Waals surface area contributed by atoms with Gasteiger partial charge in [0.15, 0.2) is 0 Å². The number of aliphatic hydroxyl groups is 1. The van der Waals surface area contributed by atoms with Crippen LogP contribution in [-0.4, -0.2) is 35.3 Å². The Morgan fingerprint density at radius 2 is 2.00 bits per heavy atom. The van der Waals surface area contributed by atoms with Gasteiger partial charge in [0.2, 0.25) is 0 Å². The van der Waals surface area contributed by atoms with Crippen molar-refractivity contribution in [3.8, 4) is 0 Å². The number of nitrogens with zero attached hydrogens (tertiary/aromatic N) is 1. The van der Waals surface area contributed by atoms with E-state index < -0.39 is 0 Å². The van der Waals surface area contributed by atoms with Crippen LogP contribution < -0.4 is 10.6 Å². The lowest BCUT2D eigenvalue weighted by molar-refractivity contribution is 0.160. The molecule has 0 saturated carbocycles. The Hall–Kier alpha value is -1.62. The van der Waals surface area contributed by atoms with Crippen molar-refractivity contribution in [3.63, 3.8) is 0 Å². The Kier molecular flexibility index (Phi) is 6.45. The van der Waals surface area contributed by atoms with Crippen LogP contribution in [0, 0.1) is 0 Å². The number of aromatic nitrogens is 1. The monoisotopic (exact) mass is 279 g/mol. The van der Waals surface area contributed by atoms with Crippen LogP contribution >= 0.6 is 0 Å². The van der Waals surface area contributed by atoms with Crippen LogP contribution in [0.25, 0.3) is 0 Å². The van der Waals surface area contributed by atoms with E-state index in [-0.39, 0.29) is 17.6 Å². The van der Waals surface area contributed by atoms with Gasteiger partial charge in [-0.25, -0.2) is 4.79 Å². The molecule has 1 unspecified atom stereocenters. The van der Waals surface area contributed by atoms with Gasteiger partial charge in [0, 0.05) is 30.9 Å². The first-order valence-corrected chi connectivity index (χ1v) is 7.06. The average Bonchev–Trinajstić information content (AvgIpc) is 2.46. The molecule has 5 nitrogen and oxygen atoms in total. The Morgan fingerprint density at radius 3 is 2.60 bits per heavy atom. The molecule has 0 aliphatic heterocycles. The van der Waals surface area contributed by atoms with Gasteiger partial charge in [-0.3, -0.25) is 4.98 Å². The van der Waals surface area contributed by atoms with Crippen LogP contribution in [-0.2, 0) is 5.41 Å². The number of carbonyl (C=O) groups excluding carboxylic acids is 1. The molecule has 3 N–H and O–H groups in total. The summed E-state index contributed by atoms with van der Waals surface area (Å²) in [5, 5.41) is 15.0. The molecule has 1 rings (SSSR count). The second kappa shape index (κ2) is 7.85. The van der Waals surface area contributed by atoms with Gasteiger partial charge in [-0.2, -0.15) is 0 Å². The van der Waals surface area contributed by atoms with E-state index in [1.165, 1.54) is 0 Å². The van der Waals surface area contributed by atoms with E-state index in [0.29, 0.717) is 25.9 Å². The second-order valence-electron chi connectivity index (χ2n) is 5.58. The number of hydrogen-bond acceptors (Lipinski definition) is 3. The molecule has 0 saturated heterocycles. The lowest BCUT2D eigenvalue weighted by Crippen LogP contribution is -2.43. The highest BCUT2D eigenvalue weighted by molar-refractivity contribution is 5.73. The lowest BCUT2D eigenvalue weighted by atomic mass is 9.85. The van der Waals surface area contributed by atoms with E-state index >= 15 is 0 Å². The summed E-state index contributed by atoms with van der Waals surface area (Å²) in [5.41, 5.74) is 0.984. The van der Waals surface area contributed by atoms with Crippen LogP contribution in [0.5, 0.6) is 0 Å². The maximum Gasteiger partial charge on any atom is 0.314 e. The summed E-state index contributed by atoms with van der Waals surface area (Å²) in [6, 6.07) is 3.71. The number of rotatable bonds is 7. The van der Waals surface area contributed by atoms with Crippen LogP contribution in [0.1, 0.15) is 39.2 Å². The predicted molar refractivity (Wildman–Crippen MR) is 79.6 cm³/mol. The lowest BCUT2D eigenvalue weighted by Gasteiger charge is -2.25. The fourth-order valence-electron chi connectivity index (χ4n) is 1.83. The first kappa shape index (κ1) is 16.4. The van der Waals surface area contributed by atoms with Gasteiger partial charge in [-0.1, -0.05) is 20.8 Å². The maximum atomic E-state index is 11.7. The highest BCUT2D eigenvalue weighted by Crippen LogP contribution is 2.20. The summed E-state index contributed by atoms with van der Waals surface area (Å²) in [7, 11) is 0. The number of hydrogen-bond donors (Lipinski definition) is 3. The van der Waals surface area contributed by atoms with E-state index in [9.17, 15) is 9.90 Å². The summed E-state index contributed by atoms with van der Waals surface area (Å²) in [4.78, 5) is 15.7. The molecule has 0 radical (unpaired) electrons. The van der Waals surface area contributed by atoms with Gasteiger partial charge < -0.3 is 15.7 Å².